The molecule has 286 valence electrons. The number of benzene rings is 8. The SMILES string of the molecule is c1ccc(-c2ccc(N(c3ccc4c(c3)C3(c5cc(-n6c7ccccc7c7ccccc76)ccc5-4)C4CC5CC(C4)C3C5)c3cccc4c3oc3ccccc34)cc2)cc1. The zero-order valence-corrected chi connectivity index (χ0v) is 33.3. The zero-order valence-electron chi connectivity index (χ0n) is 33.3. The van der Waals surface area contributed by atoms with Crippen molar-refractivity contribution in [1.29, 1.82) is 0 Å². The van der Waals surface area contributed by atoms with Crippen LogP contribution in [0, 0.1) is 23.7 Å². The van der Waals surface area contributed by atoms with E-state index in [9.17, 15) is 0 Å². The van der Waals surface area contributed by atoms with Gasteiger partial charge >= 0.3 is 0 Å². The molecule has 5 aliphatic carbocycles. The number of hydrogen-bond acceptors (Lipinski definition) is 2. The molecule has 2 aromatic heterocycles. The Morgan fingerprint density at radius 3 is 1.93 bits per heavy atom. The Morgan fingerprint density at radius 1 is 0.500 bits per heavy atom. The number of furan rings is 1. The van der Waals surface area contributed by atoms with Crippen molar-refractivity contribution in [3.05, 3.63) is 193 Å². The summed E-state index contributed by atoms with van der Waals surface area (Å²) in [6.07, 6.45) is 5.41. The lowest BCUT2D eigenvalue weighted by Gasteiger charge is -2.44. The largest absolute Gasteiger partial charge is 0.454 e. The summed E-state index contributed by atoms with van der Waals surface area (Å²) in [6.45, 7) is 0. The van der Waals surface area contributed by atoms with Gasteiger partial charge in [-0.1, -0.05) is 121 Å². The average Bonchev–Trinajstić information content (AvgIpc) is 4.06. The van der Waals surface area contributed by atoms with E-state index < -0.39 is 0 Å². The minimum Gasteiger partial charge on any atom is -0.454 e. The van der Waals surface area contributed by atoms with Gasteiger partial charge in [0.2, 0.25) is 0 Å². The number of rotatable bonds is 5. The maximum absolute atomic E-state index is 6.78. The van der Waals surface area contributed by atoms with Gasteiger partial charge in [0.1, 0.15) is 5.58 Å². The molecule has 4 saturated carbocycles. The van der Waals surface area contributed by atoms with E-state index in [1.165, 1.54) is 86.7 Å². The molecule has 2 heterocycles. The molecule has 5 aliphatic rings. The second-order valence-electron chi connectivity index (χ2n) is 18.1. The molecule has 15 rings (SSSR count). The molecule has 3 nitrogen and oxygen atoms in total. The highest BCUT2D eigenvalue weighted by Gasteiger charge is 2.66. The molecular formula is C57H42N2O. The van der Waals surface area contributed by atoms with Crippen molar-refractivity contribution < 1.29 is 4.42 Å². The van der Waals surface area contributed by atoms with E-state index in [1.54, 1.807) is 5.56 Å². The predicted molar refractivity (Wildman–Crippen MR) is 247 cm³/mol. The molecule has 8 aromatic carbocycles. The molecule has 5 atom stereocenters. The van der Waals surface area contributed by atoms with Crippen LogP contribution in [0.4, 0.5) is 17.1 Å². The molecule has 60 heavy (non-hydrogen) atoms. The molecule has 4 bridgehead atoms. The normalized spacial score (nSPS) is 22.1. The summed E-state index contributed by atoms with van der Waals surface area (Å²) in [5.41, 5.74) is 17.4. The number of anilines is 3. The molecule has 0 radical (unpaired) electrons. The molecule has 1 spiro atoms. The van der Waals surface area contributed by atoms with Crippen LogP contribution in [0.3, 0.4) is 0 Å². The smallest absolute Gasteiger partial charge is 0.159 e. The van der Waals surface area contributed by atoms with Gasteiger partial charge in [0.25, 0.3) is 0 Å². The van der Waals surface area contributed by atoms with Crippen molar-refractivity contribution in [3.8, 4) is 27.9 Å². The van der Waals surface area contributed by atoms with Crippen LogP contribution in [-0.2, 0) is 5.41 Å². The fourth-order valence-electron chi connectivity index (χ4n) is 13.2. The number of para-hydroxylation sites is 4. The highest BCUT2D eigenvalue weighted by molar-refractivity contribution is 6.11. The minimum absolute atomic E-state index is 0.0126. The van der Waals surface area contributed by atoms with Crippen molar-refractivity contribution in [2.45, 2.75) is 31.1 Å². The van der Waals surface area contributed by atoms with Crippen LogP contribution in [0.15, 0.2) is 186 Å². The Morgan fingerprint density at radius 2 is 1.15 bits per heavy atom. The Hall–Kier alpha value is -6.84. The highest BCUT2D eigenvalue weighted by Crippen LogP contribution is 2.73. The minimum atomic E-state index is -0.0126. The van der Waals surface area contributed by atoms with Crippen molar-refractivity contribution in [3.63, 3.8) is 0 Å². The monoisotopic (exact) mass is 770 g/mol. The van der Waals surface area contributed by atoms with Crippen molar-refractivity contribution in [1.82, 2.24) is 4.57 Å². The van der Waals surface area contributed by atoms with Crippen LogP contribution < -0.4 is 4.90 Å². The molecule has 0 amide bonds. The van der Waals surface area contributed by atoms with Gasteiger partial charge < -0.3 is 13.9 Å². The Kier molecular flexibility index (Phi) is 6.67. The van der Waals surface area contributed by atoms with Gasteiger partial charge in [-0.3, -0.25) is 0 Å². The van der Waals surface area contributed by atoms with Crippen LogP contribution in [0.2, 0.25) is 0 Å². The van der Waals surface area contributed by atoms with Crippen LogP contribution >= 0.6 is 0 Å². The van der Waals surface area contributed by atoms with Crippen LogP contribution in [-0.4, -0.2) is 4.57 Å². The van der Waals surface area contributed by atoms with Gasteiger partial charge in [0.15, 0.2) is 5.58 Å². The molecular weight excluding hydrogens is 729 g/mol. The Bertz CT molecular complexity index is 3320. The summed E-state index contributed by atoms with van der Waals surface area (Å²) < 4.78 is 9.30. The van der Waals surface area contributed by atoms with Crippen molar-refractivity contribution >= 4 is 60.8 Å². The Labute approximate surface area is 349 Å². The number of aromatic nitrogens is 1. The molecule has 0 saturated heterocycles. The lowest BCUT2D eigenvalue weighted by atomic mass is 9.59. The van der Waals surface area contributed by atoms with Gasteiger partial charge in [-0.05, 0) is 143 Å². The van der Waals surface area contributed by atoms with E-state index in [0.717, 1.165) is 45.1 Å². The van der Waals surface area contributed by atoms with Gasteiger partial charge in [0.05, 0.1) is 16.7 Å². The molecule has 5 unspecified atom stereocenters. The lowest BCUT2D eigenvalue weighted by Crippen LogP contribution is -2.40. The third-order valence-corrected chi connectivity index (χ3v) is 15.4. The highest BCUT2D eigenvalue weighted by atomic mass is 16.3. The van der Waals surface area contributed by atoms with E-state index in [-0.39, 0.29) is 5.41 Å². The Balaban J connectivity index is 0.991. The van der Waals surface area contributed by atoms with Crippen LogP contribution in [0.5, 0.6) is 0 Å². The molecule has 3 heteroatoms. The van der Waals surface area contributed by atoms with Gasteiger partial charge in [-0.2, -0.15) is 0 Å². The van der Waals surface area contributed by atoms with Crippen molar-refractivity contribution in [2.75, 3.05) is 4.90 Å². The topological polar surface area (TPSA) is 21.3 Å². The third-order valence-electron chi connectivity index (χ3n) is 15.4. The number of fused-ring (bicyclic) bond motifs is 9. The molecule has 4 fully saturated rings. The van der Waals surface area contributed by atoms with Crippen molar-refractivity contribution in [2.24, 2.45) is 23.7 Å². The standard InChI is InChI=1S/C57H42N2O/c1-2-11-36(12-3-1)37-21-23-40(24-22-37)58(54-19-10-16-48-47-15-6-9-20-55(47)60-56(48)54)41-25-27-43-44-28-26-42(59-52-17-7-4-13-45(52)46-14-5-8-18-53(46)59)34-51(44)57(50(43)33-41)39-30-35-29-38(32-39)49(57)31-35/h1-28,33-35,38-39,49H,29-32H2. The van der Waals surface area contributed by atoms with E-state index in [1.807, 2.05) is 0 Å². The third kappa shape index (κ3) is 4.34. The lowest BCUT2D eigenvalue weighted by molar-refractivity contribution is 0.191. The second kappa shape index (κ2) is 12.1. The zero-order chi connectivity index (χ0) is 39.1. The fourth-order valence-corrected chi connectivity index (χ4v) is 13.2. The molecule has 0 aliphatic heterocycles. The number of hydrogen-bond donors (Lipinski definition) is 0. The summed E-state index contributed by atoms with van der Waals surface area (Å²) in [4.78, 5) is 2.46. The van der Waals surface area contributed by atoms with E-state index in [4.69, 9.17) is 4.42 Å². The summed E-state index contributed by atoms with van der Waals surface area (Å²) >= 11 is 0. The maximum Gasteiger partial charge on any atom is 0.159 e. The van der Waals surface area contributed by atoms with E-state index >= 15 is 0 Å². The van der Waals surface area contributed by atoms with E-state index in [2.05, 4.69) is 191 Å². The summed E-state index contributed by atoms with van der Waals surface area (Å²) in [5, 5.41) is 4.91. The van der Waals surface area contributed by atoms with Crippen LogP contribution in [0.1, 0.15) is 36.8 Å². The van der Waals surface area contributed by atoms with Gasteiger partial charge in [0, 0.05) is 44.0 Å². The fraction of sp³-hybridized carbons (Fsp3) is 0.158. The van der Waals surface area contributed by atoms with E-state index in [0.29, 0.717) is 11.8 Å². The summed E-state index contributed by atoms with van der Waals surface area (Å²) in [5.74, 6) is 2.95. The second-order valence-corrected chi connectivity index (χ2v) is 18.1. The first kappa shape index (κ1) is 33.0. The molecule has 0 N–H and O–H groups in total. The first-order chi connectivity index (χ1) is 29.7. The summed E-state index contributed by atoms with van der Waals surface area (Å²) in [6, 6.07) is 67.7. The summed E-state index contributed by atoms with van der Waals surface area (Å²) in [7, 11) is 0. The van der Waals surface area contributed by atoms with Crippen LogP contribution in [0.25, 0.3) is 71.7 Å². The quantitative estimate of drug-likeness (QED) is 0.174. The molecule has 10 aromatic rings. The maximum atomic E-state index is 6.78. The van der Waals surface area contributed by atoms with Gasteiger partial charge in [-0.15, -0.1) is 0 Å². The average molecular weight is 771 g/mol. The first-order valence-corrected chi connectivity index (χ1v) is 21.9. The number of nitrogens with zero attached hydrogens (tertiary/aromatic N) is 2. The first-order valence-electron chi connectivity index (χ1n) is 21.9. The predicted octanol–water partition coefficient (Wildman–Crippen LogP) is 15.2. The van der Waals surface area contributed by atoms with Gasteiger partial charge in [-0.25, -0.2) is 0 Å².